The van der Waals surface area contributed by atoms with Gasteiger partial charge in [-0.3, -0.25) is 4.90 Å². The number of aromatic nitrogens is 1. The Labute approximate surface area is 113 Å². The van der Waals surface area contributed by atoms with E-state index < -0.39 is 0 Å². The normalized spacial score (nSPS) is 24.9. The average molecular weight is 263 g/mol. The Morgan fingerprint density at radius 2 is 2.16 bits per heavy atom. The number of hydrogen-bond donors (Lipinski definition) is 1. The van der Waals surface area contributed by atoms with Gasteiger partial charge in [-0.2, -0.15) is 0 Å². The molecule has 2 aliphatic rings. The first kappa shape index (κ1) is 12.8. The Morgan fingerprint density at radius 3 is 2.89 bits per heavy atom. The van der Waals surface area contributed by atoms with Gasteiger partial charge in [0.15, 0.2) is 0 Å². The molecule has 5 heteroatoms. The Hall–Kier alpha value is -1.17. The summed E-state index contributed by atoms with van der Waals surface area (Å²) in [6.45, 7) is 6.06. The number of ether oxygens (including phenoxy) is 1. The summed E-state index contributed by atoms with van der Waals surface area (Å²) in [6.07, 6.45) is 2.62. The maximum absolute atomic E-state index is 9.56. The molecule has 1 N–H and O–H groups in total. The van der Waals surface area contributed by atoms with Gasteiger partial charge in [0.05, 0.1) is 19.3 Å². The van der Waals surface area contributed by atoms with E-state index in [-0.39, 0.29) is 6.10 Å². The van der Waals surface area contributed by atoms with Crippen molar-refractivity contribution in [2.45, 2.75) is 19.1 Å². The van der Waals surface area contributed by atoms with Crippen LogP contribution in [0, 0.1) is 0 Å². The van der Waals surface area contributed by atoms with Crippen LogP contribution in [0.25, 0.3) is 0 Å². The van der Waals surface area contributed by atoms with Crippen molar-refractivity contribution in [1.82, 2.24) is 9.88 Å². The number of anilines is 1. The molecule has 1 aromatic rings. The van der Waals surface area contributed by atoms with E-state index >= 15 is 0 Å². The molecule has 0 radical (unpaired) electrons. The summed E-state index contributed by atoms with van der Waals surface area (Å²) in [5.41, 5.74) is 1.27. The van der Waals surface area contributed by atoms with E-state index in [4.69, 9.17) is 4.74 Å². The number of rotatable bonds is 3. The monoisotopic (exact) mass is 263 g/mol. The SMILES string of the molecule is OC1CCN(Cc2ccnc(N3CCOCC3)c2)C1. The quantitative estimate of drug-likeness (QED) is 0.860. The van der Waals surface area contributed by atoms with E-state index in [1.807, 2.05) is 6.20 Å². The van der Waals surface area contributed by atoms with E-state index in [0.717, 1.165) is 58.2 Å². The van der Waals surface area contributed by atoms with Crippen LogP contribution >= 0.6 is 0 Å². The molecule has 0 amide bonds. The van der Waals surface area contributed by atoms with Crippen LogP contribution in [0.5, 0.6) is 0 Å². The molecule has 2 aliphatic heterocycles. The molecule has 0 aromatic carbocycles. The van der Waals surface area contributed by atoms with Crippen LogP contribution in [-0.2, 0) is 11.3 Å². The topological polar surface area (TPSA) is 48.8 Å². The highest BCUT2D eigenvalue weighted by molar-refractivity contribution is 5.41. The Bertz CT molecular complexity index is 421. The fraction of sp³-hybridized carbons (Fsp3) is 0.643. The molecule has 1 atom stereocenters. The second kappa shape index (κ2) is 5.86. The first-order chi connectivity index (χ1) is 9.31. The van der Waals surface area contributed by atoms with Crippen LogP contribution < -0.4 is 4.90 Å². The third kappa shape index (κ3) is 3.23. The standard InChI is InChI=1S/C14H21N3O2/c18-13-2-4-16(11-13)10-12-1-3-15-14(9-12)17-5-7-19-8-6-17/h1,3,9,13,18H,2,4-8,10-11H2. The highest BCUT2D eigenvalue weighted by Gasteiger charge is 2.20. The van der Waals surface area contributed by atoms with Crippen molar-refractivity contribution in [3.05, 3.63) is 23.9 Å². The van der Waals surface area contributed by atoms with Crippen molar-refractivity contribution < 1.29 is 9.84 Å². The fourth-order valence-corrected chi connectivity index (χ4v) is 2.74. The van der Waals surface area contributed by atoms with Gasteiger partial charge in [0.2, 0.25) is 0 Å². The molecule has 0 spiro atoms. The van der Waals surface area contributed by atoms with Crippen LogP contribution in [0.3, 0.4) is 0 Å². The molecule has 1 aromatic heterocycles. The van der Waals surface area contributed by atoms with Crippen molar-refractivity contribution in [3.8, 4) is 0 Å². The minimum atomic E-state index is -0.152. The van der Waals surface area contributed by atoms with Crippen molar-refractivity contribution >= 4 is 5.82 Å². The molecule has 5 nitrogen and oxygen atoms in total. The third-order valence-corrected chi connectivity index (χ3v) is 3.80. The van der Waals surface area contributed by atoms with Crippen LogP contribution in [0.1, 0.15) is 12.0 Å². The van der Waals surface area contributed by atoms with Crippen LogP contribution in [-0.4, -0.2) is 60.5 Å². The minimum absolute atomic E-state index is 0.152. The summed E-state index contributed by atoms with van der Waals surface area (Å²) < 4.78 is 5.37. The Balaban J connectivity index is 1.65. The molecule has 19 heavy (non-hydrogen) atoms. The smallest absolute Gasteiger partial charge is 0.128 e. The zero-order chi connectivity index (χ0) is 13.1. The molecule has 1 unspecified atom stereocenters. The van der Waals surface area contributed by atoms with E-state index in [9.17, 15) is 5.11 Å². The predicted molar refractivity (Wildman–Crippen MR) is 73.2 cm³/mol. The molecule has 0 aliphatic carbocycles. The Kier molecular flexibility index (Phi) is 3.96. The summed E-state index contributed by atoms with van der Waals surface area (Å²) in [4.78, 5) is 9.02. The molecule has 2 fully saturated rings. The predicted octanol–water partition coefficient (Wildman–Crippen LogP) is 0.485. The molecule has 2 saturated heterocycles. The number of β-amino-alcohol motifs (C(OH)–C–C–N with tert-alkyl or cyclic N) is 1. The lowest BCUT2D eigenvalue weighted by Gasteiger charge is -2.28. The number of pyridine rings is 1. The van der Waals surface area contributed by atoms with Crippen LogP contribution in [0.4, 0.5) is 5.82 Å². The maximum Gasteiger partial charge on any atom is 0.128 e. The summed E-state index contributed by atoms with van der Waals surface area (Å²) in [7, 11) is 0. The number of morpholine rings is 1. The van der Waals surface area contributed by atoms with Crippen molar-refractivity contribution in [1.29, 1.82) is 0 Å². The number of aliphatic hydroxyl groups is 1. The van der Waals surface area contributed by atoms with Gasteiger partial charge in [-0.15, -0.1) is 0 Å². The molecule has 104 valence electrons. The lowest BCUT2D eigenvalue weighted by Crippen LogP contribution is -2.36. The van der Waals surface area contributed by atoms with Gasteiger partial charge < -0.3 is 14.7 Å². The van der Waals surface area contributed by atoms with Crippen molar-refractivity contribution in [2.24, 2.45) is 0 Å². The van der Waals surface area contributed by atoms with E-state index in [0.29, 0.717) is 0 Å². The van der Waals surface area contributed by atoms with Crippen LogP contribution in [0.15, 0.2) is 18.3 Å². The van der Waals surface area contributed by atoms with Gasteiger partial charge in [0, 0.05) is 38.9 Å². The zero-order valence-electron chi connectivity index (χ0n) is 11.2. The summed E-state index contributed by atoms with van der Waals surface area (Å²) in [6, 6.07) is 4.23. The summed E-state index contributed by atoms with van der Waals surface area (Å²) >= 11 is 0. The summed E-state index contributed by atoms with van der Waals surface area (Å²) in [5, 5.41) is 9.56. The summed E-state index contributed by atoms with van der Waals surface area (Å²) in [5.74, 6) is 1.04. The van der Waals surface area contributed by atoms with Gasteiger partial charge in [0.25, 0.3) is 0 Å². The first-order valence-electron chi connectivity index (χ1n) is 6.99. The molecule has 0 bridgehead atoms. The third-order valence-electron chi connectivity index (χ3n) is 3.80. The van der Waals surface area contributed by atoms with Gasteiger partial charge in [-0.05, 0) is 24.1 Å². The lowest BCUT2D eigenvalue weighted by atomic mass is 10.2. The van der Waals surface area contributed by atoms with Crippen molar-refractivity contribution in [3.63, 3.8) is 0 Å². The highest BCUT2D eigenvalue weighted by atomic mass is 16.5. The largest absolute Gasteiger partial charge is 0.392 e. The van der Waals surface area contributed by atoms with Gasteiger partial charge in [0.1, 0.15) is 5.82 Å². The van der Waals surface area contributed by atoms with E-state index in [1.165, 1.54) is 5.56 Å². The molecule has 3 heterocycles. The zero-order valence-corrected chi connectivity index (χ0v) is 11.2. The van der Waals surface area contributed by atoms with E-state index in [2.05, 4.69) is 26.9 Å². The first-order valence-corrected chi connectivity index (χ1v) is 6.99. The van der Waals surface area contributed by atoms with Gasteiger partial charge in [-0.1, -0.05) is 0 Å². The number of nitrogens with zero attached hydrogens (tertiary/aromatic N) is 3. The van der Waals surface area contributed by atoms with Gasteiger partial charge in [-0.25, -0.2) is 4.98 Å². The maximum atomic E-state index is 9.56. The molecule has 3 rings (SSSR count). The van der Waals surface area contributed by atoms with E-state index in [1.54, 1.807) is 0 Å². The molecular weight excluding hydrogens is 242 g/mol. The molecule has 0 saturated carbocycles. The number of aliphatic hydroxyl groups excluding tert-OH is 1. The fourth-order valence-electron chi connectivity index (χ4n) is 2.74. The molecular formula is C14H21N3O2. The average Bonchev–Trinajstić information content (AvgIpc) is 2.85. The number of likely N-dealkylation sites (tertiary alicyclic amines) is 1. The van der Waals surface area contributed by atoms with Crippen LogP contribution in [0.2, 0.25) is 0 Å². The minimum Gasteiger partial charge on any atom is -0.392 e. The van der Waals surface area contributed by atoms with Gasteiger partial charge >= 0.3 is 0 Å². The highest BCUT2D eigenvalue weighted by Crippen LogP contribution is 2.17. The number of hydrogen-bond acceptors (Lipinski definition) is 5. The second-order valence-electron chi connectivity index (χ2n) is 5.30. The van der Waals surface area contributed by atoms with Crippen molar-refractivity contribution in [2.75, 3.05) is 44.3 Å². The second-order valence-corrected chi connectivity index (χ2v) is 5.30. The Morgan fingerprint density at radius 1 is 1.32 bits per heavy atom. The lowest BCUT2D eigenvalue weighted by molar-refractivity contribution is 0.122.